The summed E-state index contributed by atoms with van der Waals surface area (Å²) in [5.74, 6) is -0.591. The zero-order valence-electron chi connectivity index (χ0n) is 11.0. The second-order valence-electron chi connectivity index (χ2n) is 4.72. The molecule has 19 heavy (non-hydrogen) atoms. The number of benzene rings is 1. The van der Waals surface area contributed by atoms with Gasteiger partial charge in [0.15, 0.2) is 0 Å². The maximum Gasteiger partial charge on any atom is 0.256 e. The van der Waals surface area contributed by atoms with Crippen molar-refractivity contribution in [3.05, 3.63) is 29.6 Å². The number of carbonyl (C=O) groups is 1. The van der Waals surface area contributed by atoms with Gasteiger partial charge in [-0.1, -0.05) is 6.07 Å². The van der Waals surface area contributed by atoms with Gasteiger partial charge in [-0.3, -0.25) is 4.79 Å². The number of nitrogens with one attached hydrogen (secondary N) is 1. The molecule has 0 saturated carbocycles. The molecule has 104 valence electrons. The number of nitrogens with zero attached hydrogens (tertiary/aromatic N) is 1. The molecule has 1 amide bonds. The smallest absolute Gasteiger partial charge is 0.256 e. The summed E-state index contributed by atoms with van der Waals surface area (Å²) in [6.45, 7) is 3.45. The van der Waals surface area contributed by atoms with E-state index in [9.17, 15) is 14.3 Å². The summed E-state index contributed by atoms with van der Waals surface area (Å²) in [4.78, 5) is 14.1. The highest BCUT2D eigenvalue weighted by atomic mass is 19.1. The molecule has 2 N–H and O–H groups in total. The van der Waals surface area contributed by atoms with E-state index in [0.717, 1.165) is 0 Å². The van der Waals surface area contributed by atoms with Gasteiger partial charge in [-0.2, -0.15) is 0 Å². The first-order chi connectivity index (χ1) is 9.13. The first kappa shape index (κ1) is 13.8. The van der Waals surface area contributed by atoms with Gasteiger partial charge in [-0.25, -0.2) is 4.39 Å². The molecule has 1 heterocycles. The van der Waals surface area contributed by atoms with Gasteiger partial charge in [-0.15, -0.1) is 0 Å². The van der Waals surface area contributed by atoms with Crippen molar-refractivity contribution in [3.63, 3.8) is 0 Å². The Bertz CT molecular complexity index is 457. The minimum absolute atomic E-state index is 0.178. The number of amides is 1. The standard InChI is InChI=1S/C14H19FN2O2/c1-2-16-13-11(4-3-5-12(13)15)14(19)17-8-6-10(18)7-9-17/h3-5,10,16,18H,2,6-9H2,1H3. The van der Waals surface area contributed by atoms with Crippen LogP contribution in [0.2, 0.25) is 0 Å². The van der Waals surface area contributed by atoms with Crippen molar-refractivity contribution < 1.29 is 14.3 Å². The highest BCUT2D eigenvalue weighted by molar-refractivity contribution is 5.99. The van der Waals surface area contributed by atoms with Gasteiger partial charge in [0.2, 0.25) is 0 Å². The summed E-state index contributed by atoms with van der Waals surface area (Å²) in [5.41, 5.74) is 0.624. The fraction of sp³-hybridized carbons (Fsp3) is 0.500. The second-order valence-corrected chi connectivity index (χ2v) is 4.72. The average Bonchev–Trinajstić information content (AvgIpc) is 2.41. The molecule has 0 unspecified atom stereocenters. The summed E-state index contributed by atoms with van der Waals surface area (Å²) in [7, 11) is 0. The Morgan fingerprint density at radius 1 is 1.47 bits per heavy atom. The van der Waals surface area contributed by atoms with Crippen LogP contribution in [0.5, 0.6) is 0 Å². The van der Waals surface area contributed by atoms with Crippen LogP contribution in [0.4, 0.5) is 10.1 Å². The van der Waals surface area contributed by atoms with E-state index in [1.54, 1.807) is 17.0 Å². The number of piperidine rings is 1. The number of rotatable bonds is 3. The van der Waals surface area contributed by atoms with E-state index in [1.807, 2.05) is 6.92 Å². The normalized spacial score (nSPS) is 16.5. The molecule has 1 fully saturated rings. The number of hydrogen-bond donors (Lipinski definition) is 2. The van der Waals surface area contributed by atoms with Gasteiger partial charge in [0.05, 0.1) is 17.4 Å². The zero-order chi connectivity index (χ0) is 13.8. The molecule has 0 aliphatic carbocycles. The molecule has 1 aliphatic heterocycles. The van der Waals surface area contributed by atoms with E-state index < -0.39 is 5.82 Å². The van der Waals surface area contributed by atoms with Crippen LogP contribution >= 0.6 is 0 Å². The quantitative estimate of drug-likeness (QED) is 0.878. The largest absolute Gasteiger partial charge is 0.393 e. The summed E-state index contributed by atoms with van der Waals surface area (Å²) >= 11 is 0. The molecular formula is C14H19FN2O2. The van der Waals surface area contributed by atoms with Crippen LogP contribution in [-0.2, 0) is 0 Å². The van der Waals surface area contributed by atoms with Crippen molar-refractivity contribution in [3.8, 4) is 0 Å². The van der Waals surface area contributed by atoms with Crippen LogP contribution in [0.15, 0.2) is 18.2 Å². The molecule has 0 aromatic heterocycles. The number of hydrogen-bond acceptors (Lipinski definition) is 3. The second kappa shape index (κ2) is 6.02. The fourth-order valence-electron chi connectivity index (χ4n) is 2.30. The molecule has 1 aromatic carbocycles. The first-order valence-corrected chi connectivity index (χ1v) is 6.63. The lowest BCUT2D eigenvalue weighted by Crippen LogP contribution is -2.40. The molecule has 0 spiro atoms. The fourth-order valence-corrected chi connectivity index (χ4v) is 2.30. The number of anilines is 1. The number of halogens is 1. The van der Waals surface area contributed by atoms with Crippen molar-refractivity contribution >= 4 is 11.6 Å². The minimum Gasteiger partial charge on any atom is -0.393 e. The molecule has 1 saturated heterocycles. The number of aliphatic hydroxyl groups excluding tert-OH is 1. The predicted molar refractivity (Wildman–Crippen MR) is 71.7 cm³/mol. The summed E-state index contributed by atoms with van der Waals surface area (Å²) in [6, 6.07) is 4.52. The van der Waals surface area contributed by atoms with Crippen LogP contribution < -0.4 is 5.32 Å². The molecule has 5 heteroatoms. The van der Waals surface area contributed by atoms with E-state index in [4.69, 9.17) is 0 Å². The SMILES string of the molecule is CCNc1c(F)cccc1C(=O)N1CCC(O)CC1. The first-order valence-electron chi connectivity index (χ1n) is 6.63. The Morgan fingerprint density at radius 2 is 2.16 bits per heavy atom. The lowest BCUT2D eigenvalue weighted by molar-refractivity contribution is 0.0547. The Balaban J connectivity index is 2.21. The highest BCUT2D eigenvalue weighted by Gasteiger charge is 2.24. The number of para-hydroxylation sites is 1. The molecule has 2 rings (SSSR count). The van der Waals surface area contributed by atoms with E-state index >= 15 is 0 Å². The third kappa shape index (κ3) is 3.04. The third-order valence-electron chi connectivity index (χ3n) is 3.35. The van der Waals surface area contributed by atoms with Crippen molar-refractivity contribution in [2.45, 2.75) is 25.9 Å². The molecule has 4 nitrogen and oxygen atoms in total. The topological polar surface area (TPSA) is 52.6 Å². The molecular weight excluding hydrogens is 247 g/mol. The maximum absolute atomic E-state index is 13.8. The Labute approximate surface area is 112 Å². The predicted octanol–water partition coefficient (Wildman–Crippen LogP) is 1.85. The van der Waals surface area contributed by atoms with Gasteiger partial charge in [0.1, 0.15) is 5.82 Å². The molecule has 1 aliphatic rings. The van der Waals surface area contributed by atoms with Crippen LogP contribution in [-0.4, -0.2) is 41.7 Å². The summed E-state index contributed by atoms with van der Waals surface area (Å²) in [5, 5.41) is 12.4. The van der Waals surface area contributed by atoms with E-state index in [-0.39, 0.29) is 17.7 Å². The Morgan fingerprint density at radius 3 is 2.79 bits per heavy atom. The average molecular weight is 266 g/mol. The summed E-state index contributed by atoms with van der Waals surface area (Å²) in [6.07, 6.45) is 0.833. The van der Waals surface area contributed by atoms with Crippen LogP contribution in [0.1, 0.15) is 30.1 Å². The minimum atomic E-state index is -0.412. The molecule has 0 radical (unpaired) electrons. The number of likely N-dealkylation sites (tertiary alicyclic amines) is 1. The monoisotopic (exact) mass is 266 g/mol. The van der Waals surface area contributed by atoms with Crippen LogP contribution in [0.25, 0.3) is 0 Å². The van der Waals surface area contributed by atoms with Gasteiger partial charge in [-0.05, 0) is 31.9 Å². The van der Waals surface area contributed by atoms with E-state index in [1.165, 1.54) is 6.07 Å². The van der Waals surface area contributed by atoms with Gasteiger partial charge >= 0.3 is 0 Å². The van der Waals surface area contributed by atoms with Crippen molar-refractivity contribution in [2.75, 3.05) is 25.0 Å². The van der Waals surface area contributed by atoms with Crippen molar-refractivity contribution in [1.29, 1.82) is 0 Å². The maximum atomic E-state index is 13.8. The molecule has 1 aromatic rings. The Kier molecular flexibility index (Phi) is 4.37. The van der Waals surface area contributed by atoms with Gasteiger partial charge < -0.3 is 15.3 Å². The number of aliphatic hydroxyl groups is 1. The molecule has 0 atom stereocenters. The van der Waals surface area contributed by atoms with E-state index in [0.29, 0.717) is 38.0 Å². The number of carbonyl (C=O) groups excluding carboxylic acids is 1. The van der Waals surface area contributed by atoms with E-state index in [2.05, 4.69) is 5.32 Å². The van der Waals surface area contributed by atoms with Crippen molar-refractivity contribution in [1.82, 2.24) is 4.90 Å². The summed E-state index contributed by atoms with van der Waals surface area (Å²) < 4.78 is 13.8. The lowest BCUT2D eigenvalue weighted by Gasteiger charge is -2.30. The van der Waals surface area contributed by atoms with Crippen LogP contribution in [0, 0.1) is 5.82 Å². The Hall–Kier alpha value is -1.62. The highest BCUT2D eigenvalue weighted by Crippen LogP contribution is 2.23. The zero-order valence-corrected chi connectivity index (χ0v) is 11.0. The van der Waals surface area contributed by atoms with Gasteiger partial charge in [0.25, 0.3) is 5.91 Å². The van der Waals surface area contributed by atoms with Crippen molar-refractivity contribution in [2.24, 2.45) is 0 Å². The third-order valence-corrected chi connectivity index (χ3v) is 3.35. The van der Waals surface area contributed by atoms with Gasteiger partial charge in [0, 0.05) is 19.6 Å². The lowest BCUT2D eigenvalue weighted by atomic mass is 10.1. The van der Waals surface area contributed by atoms with Crippen LogP contribution in [0.3, 0.4) is 0 Å². The molecule has 0 bridgehead atoms.